The highest BCUT2D eigenvalue weighted by Crippen LogP contribution is 2.48. The Morgan fingerprint density at radius 2 is 1.29 bits per heavy atom. The second-order valence-corrected chi connectivity index (χ2v) is 11.5. The second kappa shape index (κ2) is 9.12. The Kier molecular flexibility index (Phi) is 12.4. The smallest absolute Gasteiger partial charge is 0.0596 e. The molecule has 0 aromatic carbocycles. The van der Waals surface area contributed by atoms with Crippen LogP contribution in [0, 0.1) is 0 Å². The maximum absolute atomic E-state index is 2.71. The molecule has 0 nitrogen and oxygen atoms in total. The lowest BCUT2D eigenvalue weighted by Gasteiger charge is -2.43. The Hall–Kier alpha value is 5.11. The molecule has 0 aromatic rings. The Balaban J connectivity index is 4.99. The molecule has 86 valence electrons. The first-order valence-electron chi connectivity index (χ1n) is 3.67. The molecule has 0 aromatic heterocycles. The highest BCUT2D eigenvalue weighted by atomic mass is 127. The first-order valence-corrected chi connectivity index (χ1v) is 13.2. The van der Waals surface area contributed by atoms with Crippen LogP contribution in [0.4, 0.5) is 0 Å². The summed E-state index contributed by atoms with van der Waals surface area (Å²) in [6, 6.07) is 0. The zero-order chi connectivity index (χ0) is 11.4. The fraction of sp³-hybridized carbons (Fsp3) is 1.00. The highest BCUT2D eigenvalue weighted by Gasteiger charge is 2.49. The molecular formula is C7H9I7. The first kappa shape index (κ1) is 19.1. The lowest BCUT2D eigenvalue weighted by Crippen LogP contribution is -2.55. The first-order chi connectivity index (χ1) is 6.41. The van der Waals surface area contributed by atoms with E-state index in [0.717, 1.165) is 3.92 Å². The van der Waals surface area contributed by atoms with Gasteiger partial charge in [0.25, 0.3) is 0 Å². The predicted molar refractivity (Wildman–Crippen MR) is 127 cm³/mol. The van der Waals surface area contributed by atoms with Crippen LogP contribution in [0.25, 0.3) is 0 Å². The van der Waals surface area contributed by atoms with Crippen LogP contribution in [0.1, 0.15) is 0 Å². The minimum atomic E-state index is 0.413. The lowest BCUT2D eigenvalue weighted by molar-refractivity contribution is 0.610. The van der Waals surface area contributed by atoms with Crippen LogP contribution in [0.5, 0.6) is 0 Å². The Morgan fingerprint density at radius 1 is 0.857 bits per heavy atom. The fourth-order valence-electron chi connectivity index (χ4n) is 0.864. The van der Waals surface area contributed by atoms with E-state index in [9.17, 15) is 0 Å². The number of halogens is 7. The van der Waals surface area contributed by atoms with Crippen molar-refractivity contribution in [1.29, 1.82) is 0 Å². The summed E-state index contributed by atoms with van der Waals surface area (Å²) in [5.74, 6) is 0. The molecule has 7 heteroatoms. The van der Waals surface area contributed by atoms with E-state index in [1.165, 1.54) is 17.7 Å². The molecule has 2 atom stereocenters. The van der Waals surface area contributed by atoms with Gasteiger partial charge in [0.15, 0.2) is 0 Å². The van der Waals surface area contributed by atoms with Crippen LogP contribution in [-0.4, -0.2) is 28.5 Å². The van der Waals surface area contributed by atoms with E-state index in [0.29, 0.717) is 6.84 Å². The van der Waals surface area contributed by atoms with Gasteiger partial charge in [-0.2, -0.15) is 0 Å². The van der Waals surface area contributed by atoms with Crippen LogP contribution in [-0.2, 0) is 0 Å². The van der Waals surface area contributed by atoms with Gasteiger partial charge < -0.3 is 0 Å². The van der Waals surface area contributed by atoms with Crippen molar-refractivity contribution >= 4 is 158 Å². The van der Waals surface area contributed by atoms with Crippen LogP contribution < -0.4 is 0 Å². The van der Waals surface area contributed by atoms with E-state index in [-0.39, 0.29) is 0 Å². The molecular weight excluding hydrogens is 972 g/mol. The molecule has 0 heterocycles. The van der Waals surface area contributed by atoms with Crippen LogP contribution in [0.15, 0.2) is 0 Å². The van der Waals surface area contributed by atoms with Gasteiger partial charge >= 0.3 is 0 Å². The molecule has 0 saturated heterocycles. The Bertz CT molecular complexity index is 169. The van der Waals surface area contributed by atoms with Gasteiger partial charge in [0.1, 0.15) is 0 Å². The van der Waals surface area contributed by atoms with Gasteiger partial charge in [-0.3, -0.25) is 0 Å². The largest absolute Gasteiger partial charge is 0.0852 e. The lowest BCUT2D eigenvalue weighted by atomic mass is 9.95. The molecule has 0 radical (unpaired) electrons. The van der Waals surface area contributed by atoms with E-state index in [1.807, 2.05) is 0 Å². The van der Waals surface area contributed by atoms with E-state index in [4.69, 9.17) is 0 Å². The van der Waals surface area contributed by atoms with E-state index < -0.39 is 0 Å². The molecule has 0 fully saturated rings. The predicted octanol–water partition coefficient (Wildman–Crippen LogP) is 5.88. The zero-order valence-corrected chi connectivity index (χ0v) is 22.2. The molecule has 0 N–H and O–H groups in total. The maximum Gasteiger partial charge on any atom is 0.0596 e. The van der Waals surface area contributed by atoms with Gasteiger partial charge in [-0.25, -0.2) is 0 Å². The minimum absolute atomic E-state index is 0.413. The molecule has 0 aliphatic carbocycles. The third kappa shape index (κ3) is 4.59. The average Bonchev–Trinajstić information content (AvgIpc) is 2.25. The summed E-state index contributed by atoms with van der Waals surface area (Å²) in [5, 5.41) is 0. The van der Waals surface area contributed by atoms with E-state index >= 15 is 0 Å². The third-order valence-corrected chi connectivity index (χ3v) is 20.4. The Labute approximate surface area is 182 Å². The molecule has 0 amide bonds. The summed E-state index contributed by atoms with van der Waals surface area (Å²) >= 11 is 18.2. The number of hydrogen-bond acceptors (Lipinski definition) is 0. The Morgan fingerprint density at radius 3 is 1.50 bits per heavy atom. The van der Waals surface area contributed by atoms with E-state index in [1.54, 1.807) is 0 Å². The number of hydrogen-bond donors (Lipinski definition) is 0. The summed E-state index contributed by atoms with van der Waals surface area (Å²) < 4.78 is 6.52. The monoisotopic (exact) mass is 981 g/mol. The summed E-state index contributed by atoms with van der Waals surface area (Å²) in [7, 11) is 0. The molecule has 0 spiro atoms. The van der Waals surface area contributed by atoms with Crippen LogP contribution in [0.3, 0.4) is 0 Å². The number of alkyl halides is 7. The van der Waals surface area contributed by atoms with Crippen LogP contribution in [0.2, 0.25) is 0 Å². The van der Waals surface area contributed by atoms with Gasteiger partial charge in [0, 0.05) is 21.6 Å². The minimum Gasteiger partial charge on any atom is -0.0852 e. The standard InChI is InChI=1S/C7H9I7/c8-1-5(12)7(14,4-11)6(13,2-9)3-10/h5H,1-4H2. The molecule has 14 heavy (non-hydrogen) atoms. The van der Waals surface area contributed by atoms with E-state index in [2.05, 4.69) is 158 Å². The quantitative estimate of drug-likeness (QED) is 0.231. The molecule has 0 saturated carbocycles. The molecule has 0 aliphatic heterocycles. The van der Waals surface area contributed by atoms with Crippen molar-refractivity contribution in [2.45, 2.75) is 10.8 Å². The number of rotatable bonds is 6. The topological polar surface area (TPSA) is 0 Å². The van der Waals surface area contributed by atoms with Crippen molar-refractivity contribution < 1.29 is 0 Å². The molecule has 0 aliphatic rings. The van der Waals surface area contributed by atoms with Crippen molar-refractivity contribution in [2.75, 3.05) is 17.7 Å². The van der Waals surface area contributed by atoms with Crippen molar-refractivity contribution in [3.63, 3.8) is 0 Å². The third-order valence-electron chi connectivity index (χ3n) is 1.99. The van der Waals surface area contributed by atoms with Gasteiger partial charge in [0.05, 0.1) is 6.84 Å². The van der Waals surface area contributed by atoms with Crippen LogP contribution >= 0.6 is 158 Å². The normalized spacial score (nSPS) is 19.1. The summed E-state index contributed by atoms with van der Waals surface area (Å²) in [4.78, 5) is 0. The van der Waals surface area contributed by atoms with Crippen molar-refractivity contribution in [1.82, 2.24) is 0 Å². The second-order valence-electron chi connectivity index (χ2n) is 2.85. The van der Waals surface area contributed by atoms with Crippen molar-refractivity contribution in [3.05, 3.63) is 0 Å². The molecule has 0 bridgehead atoms. The molecule has 2 unspecified atom stereocenters. The average molecular weight is 981 g/mol. The fourth-order valence-corrected chi connectivity index (χ4v) is 12.3. The van der Waals surface area contributed by atoms with Gasteiger partial charge in [0.2, 0.25) is 0 Å². The van der Waals surface area contributed by atoms with Gasteiger partial charge in [-0.1, -0.05) is 158 Å². The summed E-state index contributed by atoms with van der Waals surface area (Å²) in [6.45, 7) is 0. The summed E-state index contributed by atoms with van der Waals surface area (Å²) in [6.07, 6.45) is 0. The maximum atomic E-state index is 2.71. The van der Waals surface area contributed by atoms with Crippen molar-refractivity contribution in [3.8, 4) is 0 Å². The zero-order valence-electron chi connectivity index (χ0n) is 7.05. The van der Waals surface area contributed by atoms with Gasteiger partial charge in [-0.05, 0) is 0 Å². The van der Waals surface area contributed by atoms with Gasteiger partial charge in [-0.15, -0.1) is 0 Å². The van der Waals surface area contributed by atoms with Crippen molar-refractivity contribution in [2.24, 2.45) is 0 Å². The summed E-state index contributed by atoms with van der Waals surface area (Å²) in [5.41, 5.74) is 0. The SMILES string of the molecule is ICC(I)C(I)(CI)C(I)(CI)CI. The highest BCUT2D eigenvalue weighted by molar-refractivity contribution is 14.1. The molecule has 0 rings (SSSR count).